The van der Waals surface area contributed by atoms with E-state index in [1.165, 1.54) is 0 Å². The molecule has 7 nitrogen and oxygen atoms in total. The number of halogens is 1. The van der Waals surface area contributed by atoms with Crippen molar-refractivity contribution in [2.75, 3.05) is 31.6 Å². The first-order valence-electron chi connectivity index (χ1n) is 9.17. The lowest BCUT2D eigenvalue weighted by Gasteiger charge is -2.36. The Balaban J connectivity index is 1.56. The molecule has 2 aliphatic rings. The molecule has 0 aliphatic carbocycles. The number of nitrogens with one attached hydrogen (secondary N) is 1. The molecule has 1 spiro atoms. The number of hydrogen-bond donors (Lipinski definition) is 1. The minimum Gasteiger partial charge on any atom is -0.381 e. The molecule has 8 heteroatoms. The van der Waals surface area contributed by atoms with Gasteiger partial charge in [-0.2, -0.15) is 4.98 Å². The number of carbonyl (C=O) groups is 1. The standard InChI is InChI=1S/C19H23ClN4O3/c1-12-9-14(20)3-4-16(12)22-18(25)24-10-15(17-21-13(2)23-27-17)19(11-24)5-7-26-8-6-19/h3-4,9,15H,5-8,10-11H2,1-2H3,(H,22,25). The summed E-state index contributed by atoms with van der Waals surface area (Å²) in [4.78, 5) is 19.2. The summed E-state index contributed by atoms with van der Waals surface area (Å²) in [5.74, 6) is 1.26. The van der Waals surface area contributed by atoms with E-state index in [4.69, 9.17) is 20.9 Å². The Bertz CT molecular complexity index is 847. The van der Waals surface area contributed by atoms with Crippen LogP contribution in [0.15, 0.2) is 22.7 Å². The number of nitrogens with zero attached hydrogens (tertiary/aromatic N) is 3. The van der Waals surface area contributed by atoms with E-state index in [9.17, 15) is 4.79 Å². The maximum Gasteiger partial charge on any atom is 0.321 e. The zero-order chi connectivity index (χ0) is 19.0. The van der Waals surface area contributed by atoms with E-state index in [1.54, 1.807) is 6.07 Å². The summed E-state index contributed by atoms with van der Waals surface area (Å²) in [6.07, 6.45) is 1.76. The number of ether oxygens (including phenoxy) is 1. The van der Waals surface area contributed by atoms with Gasteiger partial charge >= 0.3 is 6.03 Å². The fourth-order valence-electron chi connectivity index (χ4n) is 4.16. The lowest BCUT2D eigenvalue weighted by Crippen LogP contribution is -2.38. The Morgan fingerprint density at radius 1 is 1.33 bits per heavy atom. The molecule has 0 radical (unpaired) electrons. The highest BCUT2D eigenvalue weighted by molar-refractivity contribution is 6.30. The molecule has 2 aromatic rings. The van der Waals surface area contributed by atoms with E-state index in [0.29, 0.717) is 43.0 Å². The Morgan fingerprint density at radius 2 is 2.11 bits per heavy atom. The van der Waals surface area contributed by atoms with Crippen molar-refractivity contribution in [1.29, 1.82) is 0 Å². The lowest BCUT2D eigenvalue weighted by atomic mass is 9.72. The van der Waals surface area contributed by atoms with Gasteiger partial charge in [-0.05, 0) is 50.5 Å². The van der Waals surface area contributed by atoms with E-state index >= 15 is 0 Å². The maximum atomic E-state index is 12.9. The van der Waals surface area contributed by atoms with Crippen molar-refractivity contribution in [3.63, 3.8) is 0 Å². The van der Waals surface area contributed by atoms with Crippen molar-refractivity contribution in [2.24, 2.45) is 5.41 Å². The predicted molar refractivity (Wildman–Crippen MR) is 101 cm³/mol. The van der Waals surface area contributed by atoms with Gasteiger partial charge in [-0.15, -0.1) is 0 Å². The molecule has 2 aliphatic heterocycles. The Hall–Kier alpha value is -2.12. The molecule has 2 fully saturated rings. The molecule has 1 unspecified atom stereocenters. The first-order valence-corrected chi connectivity index (χ1v) is 9.55. The van der Waals surface area contributed by atoms with Crippen molar-refractivity contribution in [1.82, 2.24) is 15.0 Å². The summed E-state index contributed by atoms with van der Waals surface area (Å²) in [6, 6.07) is 5.32. The summed E-state index contributed by atoms with van der Waals surface area (Å²) < 4.78 is 11.0. The maximum absolute atomic E-state index is 12.9. The van der Waals surface area contributed by atoms with Gasteiger partial charge in [-0.25, -0.2) is 4.79 Å². The summed E-state index contributed by atoms with van der Waals surface area (Å²) in [5.41, 5.74) is 1.62. The van der Waals surface area contributed by atoms with Crippen LogP contribution in [0.5, 0.6) is 0 Å². The monoisotopic (exact) mass is 390 g/mol. The number of likely N-dealkylation sites (tertiary alicyclic amines) is 1. The van der Waals surface area contributed by atoms with E-state index in [0.717, 1.165) is 24.1 Å². The number of rotatable bonds is 2. The van der Waals surface area contributed by atoms with Crippen molar-refractivity contribution >= 4 is 23.3 Å². The van der Waals surface area contributed by atoms with Crippen LogP contribution in [0.1, 0.15) is 36.0 Å². The van der Waals surface area contributed by atoms with Crippen LogP contribution >= 0.6 is 11.6 Å². The van der Waals surface area contributed by atoms with Gasteiger partial charge in [-0.3, -0.25) is 0 Å². The molecular formula is C19H23ClN4O3. The molecular weight excluding hydrogens is 368 g/mol. The third-order valence-corrected chi connectivity index (χ3v) is 5.93. The molecule has 27 heavy (non-hydrogen) atoms. The van der Waals surface area contributed by atoms with Gasteiger partial charge < -0.3 is 19.5 Å². The van der Waals surface area contributed by atoms with Crippen molar-refractivity contribution in [3.8, 4) is 0 Å². The third kappa shape index (κ3) is 3.53. The smallest absolute Gasteiger partial charge is 0.321 e. The average molecular weight is 391 g/mol. The first kappa shape index (κ1) is 18.3. The fourth-order valence-corrected chi connectivity index (χ4v) is 4.39. The third-order valence-electron chi connectivity index (χ3n) is 5.70. The van der Waals surface area contributed by atoms with E-state index < -0.39 is 0 Å². The van der Waals surface area contributed by atoms with Gasteiger partial charge in [0.05, 0.1) is 5.92 Å². The van der Waals surface area contributed by atoms with Gasteiger partial charge in [0.25, 0.3) is 0 Å². The molecule has 1 aromatic carbocycles. The molecule has 4 rings (SSSR count). The number of hydrogen-bond acceptors (Lipinski definition) is 5. The number of amides is 2. The molecule has 1 atom stereocenters. The molecule has 1 aromatic heterocycles. The number of anilines is 1. The summed E-state index contributed by atoms with van der Waals surface area (Å²) in [6.45, 7) is 6.33. The highest BCUT2D eigenvalue weighted by Crippen LogP contribution is 2.49. The first-order chi connectivity index (χ1) is 13.0. The van der Waals surface area contributed by atoms with Crippen molar-refractivity contribution in [2.45, 2.75) is 32.6 Å². The summed E-state index contributed by atoms with van der Waals surface area (Å²) in [7, 11) is 0. The minimum atomic E-state index is -0.120. The summed E-state index contributed by atoms with van der Waals surface area (Å²) in [5, 5.41) is 7.61. The van der Waals surface area contributed by atoms with Gasteiger partial charge in [0, 0.05) is 42.4 Å². The lowest BCUT2D eigenvalue weighted by molar-refractivity contribution is 0.00959. The van der Waals surface area contributed by atoms with Crippen LogP contribution in [0.25, 0.3) is 0 Å². The van der Waals surface area contributed by atoms with Crippen LogP contribution in [-0.4, -0.2) is 47.4 Å². The van der Waals surface area contributed by atoms with Crippen molar-refractivity contribution < 1.29 is 14.1 Å². The molecule has 144 valence electrons. The minimum absolute atomic E-state index is 0.0275. The number of carbonyl (C=O) groups excluding carboxylic acids is 1. The largest absolute Gasteiger partial charge is 0.381 e. The molecule has 0 saturated carbocycles. The second kappa shape index (κ2) is 7.13. The topological polar surface area (TPSA) is 80.5 Å². The van der Waals surface area contributed by atoms with E-state index in [2.05, 4.69) is 15.5 Å². The Morgan fingerprint density at radius 3 is 2.78 bits per heavy atom. The zero-order valence-corrected chi connectivity index (χ0v) is 16.3. The quantitative estimate of drug-likeness (QED) is 0.844. The van der Waals surface area contributed by atoms with Crippen LogP contribution < -0.4 is 5.32 Å². The van der Waals surface area contributed by atoms with Crippen LogP contribution in [0.3, 0.4) is 0 Å². The van der Waals surface area contributed by atoms with Gasteiger partial charge in [-0.1, -0.05) is 16.8 Å². The Labute approximate surface area is 163 Å². The van der Waals surface area contributed by atoms with E-state index in [1.807, 2.05) is 30.9 Å². The van der Waals surface area contributed by atoms with Gasteiger partial charge in [0.2, 0.25) is 5.89 Å². The van der Waals surface area contributed by atoms with Crippen LogP contribution in [0.4, 0.5) is 10.5 Å². The highest BCUT2D eigenvalue weighted by atomic mass is 35.5. The van der Waals surface area contributed by atoms with Crippen LogP contribution in [0, 0.1) is 19.3 Å². The zero-order valence-electron chi connectivity index (χ0n) is 15.5. The average Bonchev–Trinajstić information content (AvgIpc) is 3.22. The Kier molecular flexibility index (Phi) is 4.82. The second-order valence-electron chi connectivity index (χ2n) is 7.48. The predicted octanol–water partition coefficient (Wildman–Crippen LogP) is 3.77. The molecule has 2 amide bonds. The molecule has 0 bridgehead atoms. The van der Waals surface area contributed by atoms with Crippen LogP contribution in [0.2, 0.25) is 5.02 Å². The SMILES string of the molecule is Cc1noc(C2CN(C(=O)Nc3ccc(Cl)cc3C)CC23CCOCC3)n1. The van der Waals surface area contributed by atoms with Crippen molar-refractivity contribution in [3.05, 3.63) is 40.5 Å². The number of benzene rings is 1. The number of aryl methyl sites for hydroxylation is 2. The highest BCUT2D eigenvalue weighted by Gasteiger charge is 2.51. The van der Waals surface area contributed by atoms with Gasteiger partial charge in [0.1, 0.15) is 0 Å². The normalized spacial score (nSPS) is 21.6. The van der Waals surface area contributed by atoms with E-state index in [-0.39, 0.29) is 17.4 Å². The second-order valence-corrected chi connectivity index (χ2v) is 7.91. The fraction of sp³-hybridized carbons (Fsp3) is 0.526. The number of urea groups is 1. The van der Waals surface area contributed by atoms with Gasteiger partial charge in [0.15, 0.2) is 5.82 Å². The molecule has 2 saturated heterocycles. The molecule has 1 N–H and O–H groups in total. The summed E-state index contributed by atoms with van der Waals surface area (Å²) >= 11 is 6.01. The van der Waals surface area contributed by atoms with Crippen LogP contribution in [-0.2, 0) is 4.74 Å². The molecule has 3 heterocycles. The number of aromatic nitrogens is 2.